The smallest absolute Gasteiger partial charge is 0.250 e. The Balaban J connectivity index is 2.27. The van der Waals surface area contributed by atoms with Crippen LogP contribution in [0.4, 0.5) is 0 Å². The second-order valence-corrected chi connectivity index (χ2v) is 5.98. The van der Waals surface area contributed by atoms with E-state index in [9.17, 15) is 4.79 Å². The first-order valence-corrected chi connectivity index (χ1v) is 7.66. The van der Waals surface area contributed by atoms with E-state index < -0.39 is 0 Å². The van der Waals surface area contributed by atoms with Gasteiger partial charge in [0.05, 0.1) is 5.69 Å². The molecule has 1 fully saturated rings. The number of hydrogen-bond donors (Lipinski definition) is 0. The molecule has 19 heavy (non-hydrogen) atoms. The minimum Gasteiger partial charge on any atom is -0.272 e. The first-order valence-electron chi connectivity index (χ1n) is 7.66. The second-order valence-electron chi connectivity index (χ2n) is 5.98. The zero-order valence-corrected chi connectivity index (χ0v) is 12.7. The van der Waals surface area contributed by atoms with E-state index in [2.05, 4.69) is 18.9 Å². The standard InChI is InChI=1S/C16H26N2O/c1-5-11(2)15-12(3)17-18(13(15)4)16(19)14-9-7-6-8-10-14/h11,14H,5-10H2,1-4H3. The van der Waals surface area contributed by atoms with Gasteiger partial charge < -0.3 is 0 Å². The van der Waals surface area contributed by atoms with Crippen molar-refractivity contribution >= 4 is 5.91 Å². The summed E-state index contributed by atoms with van der Waals surface area (Å²) in [6.07, 6.45) is 6.82. The Hall–Kier alpha value is -1.12. The average molecular weight is 262 g/mol. The predicted octanol–water partition coefficient (Wildman–Crippen LogP) is 4.23. The molecule has 0 bridgehead atoms. The Morgan fingerprint density at radius 1 is 1.32 bits per heavy atom. The third-order valence-corrected chi connectivity index (χ3v) is 4.62. The molecule has 1 atom stereocenters. The molecule has 0 saturated heterocycles. The highest BCUT2D eigenvalue weighted by atomic mass is 16.2. The van der Waals surface area contributed by atoms with Crippen LogP contribution >= 0.6 is 0 Å². The largest absolute Gasteiger partial charge is 0.272 e. The Morgan fingerprint density at radius 2 is 1.95 bits per heavy atom. The minimum absolute atomic E-state index is 0.191. The molecular weight excluding hydrogens is 236 g/mol. The van der Waals surface area contributed by atoms with Crippen LogP contribution in [0.2, 0.25) is 0 Å². The molecule has 3 nitrogen and oxygen atoms in total. The second kappa shape index (κ2) is 5.89. The molecule has 0 N–H and O–H groups in total. The summed E-state index contributed by atoms with van der Waals surface area (Å²) in [7, 11) is 0. The van der Waals surface area contributed by atoms with Gasteiger partial charge in [0.25, 0.3) is 0 Å². The lowest BCUT2D eigenvalue weighted by Crippen LogP contribution is -2.25. The van der Waals surface area contributed by atoms with Crippen molar-refractivity contribution in [3.8, 4) is 0 Å². The summed E-state index contributed by atoms with van der Waals surface area (Å²) in [5, 5.41) is 4.52. The highest BCUT2D eigenvalue weighted by molar-refractivity contribution is 5.81. The van der Waals surface area contributed by atoms with Crippen molar-refractivity contribution in [3.05, 3.63) is 17.0 Å². The van der Waals surface area contributed by atoms with Crippen molar-refractivity contribution < 1.29 is 4.79 Å². The molecule has 0 amide bonds. The van der Waals surface area contributed by atoms with Crippen molar-refractivity contribution in [1.82, 2.24) is 9.78 Å². The van der Waals surface area contributed by atoms with Gasteiger partial charge in [0.1, 0.15) is 0 Å². The fraction of sp³-hybridized carbons (Fsp3) is 0.750. The summed E-state index contributed by atoms with van der Waals surface area (Å²) in [5.74, 6) is 0.888. The zero-order valence-electron chi connectivity index (χ0n) is 12.7. The summed E-state index contributed by atoms with van der Waals surface area (Å²) in [6, 6.07) is 0. The van der Waals surface area contributed by atoms with Crippen LogP contribution in [0.3, 0.4) is 0 Å². The van der Waals surface area contributed by atoms with Gasteiger partial charge in [-0.05, 0) is 44.6 Å². The van der Waals surface area contributed by atoms with Crippen LogP contribution in [-0.2, 0) is 0 Å². The molecule has 0 aliphatic heterocycles. The third kappa shape index (κ3) is 2.75. The van der Waals surface area contributed by atoms with Crippen molar-refractivity contribution in [2.24, 2.45) is 5.92 Å². The SMILES string of the molecule is CCC(C)c1c(C)nn(C(=O)C2CCCCC2)c1C. The van der Waals surface area contributed by atoms with Gasteiger partial charge in [0, 0.05) is 11.6 Å². The number of rotatable bonds is 3. The Morgan fingerprint density at radius 3 is 2.53 bits per heavy atom. The van der Waals surface area contributed by atoms with E-state index in [1.165, 1.54) is 24.8 Å². The molecule has 1 heterocycles. The molecule has 3 heteroatoms. The third-order valence-electron chi connectivity index (χ3n) is 4.62. The van der Waals surface area contributed by atoms with E-state index in [-0.39, 0.29) is 11.8 Å². The van der Waals surface area contributed by atoms with Crippen LogP contribution in [0, 0.1) is 19.8 Å². The van der Waals surface area contributed by atoms with Gasteiger partial charge in [0.2, 0.25) is 5.91 Å². The normalized spacial score (nSPS) is 18.5. The minimum atomic E-state index is 0.191. The summed E-state index contributed by atoms with van der Waals surface area (Å²) in [5.41, 5.74) is 3.35. The Labute approximate surface area is 116 Å². The number of aryl methyl sites for hydroxylation is 1. The Bertz CT molecular complexity index is 456. The van der Waals surface area contributed by atoms with E-state index in [1.54, 1.807) is 4.68 Å². The number of carbonyl (C=O) groups excluding carboxylic acids is 1. The van der Waals surface area contributed by atoms with E-state index in [0.29, 0.717) is 5.92 Å². The van der Waals surface area contributed by atoms with Gasteiger partial charge in [0.15, 0.2) is 0 Å². The highest BCUT2D eigenvalue weighted by Gasteiger charge is 2.26. The molecular formula is C16H26N2O. The van der Waals surface area contributed by atoms with Gasteiger partial charge in [-0.15, -0.1) is 0 Å². The molecule has 1 unspecified atom stereocenters. The van der Waals surface area contributed by atoms with Crippen LogP contribution in [0.1, 0.15) is 80.0 Å². The number of nitrogens with zero attached hydrogens (tertiary/aromatic N) is 2. The van der Waals surface area contributed by atoms with E-state index in [4.69, 9.17) is 0 Å². The van der Waals surface area contributed by atoms with Gasteiger partial charge >= 0.3 is 0 Å². The molecule has 1 aromatic heterocycles. The van der Waals surface area contributed by atoms with Gasteiger partial charge in [-0.1, -0.05) is 33.1 Å². The van der Waals surface area contributed by atoms with E-state index >= 15 is 0 Å². The van der Waals surface area contributed by atoms with Crippen molar-refractivity contribution in [2.75, 3.05) is 0 Å². The molecule has 1 aliphatic rings. The van der Waals surface area contributed by atoms with Crippen molar-refractivity contribution in [1.29, 1.82) is 0 Å². The van der Waals surface area contributed by atoms with Crippen LogP contribution in [-0.4, -0.2) is 15.7 Å². The molecule has 0 radical (unpaired) electrons. The summed E-state index contributed by atoms with van der Waals surface area (Å²) in [4.78, 5) is 12.6. The molecule has 1 aliphatic carbocycles. The number of aromatic nitrogens is 2. The fourth-order valence-corrected chi connectivity index (χ4v) is 3.31. The number of carbonyl (C=O) groups is 1. The first-order chi connectivity index (χ1) is 9.06. The topological polar surface area (TPSA) is 34.9 Å². The van der Waals surface area contributed by atoms with Crippen LogP contribution in [0.5, 0.6) is 0 Å². The Kier molecular flexibility index (Phi) is 4.43. The van der Waals surface area contributed by atoms with Crippen LogP contribution in [0.25, 0.3) is 0 Å². The lowest BCUT2D eigenvalue weighted by Gasteiger charge is -2.20. The lowest BCUT2D eigenvalue weighted by atomic mass is 9.88. The molecule has 1 aromatic rings. The fourth-order valence-electron chi connectivity index (χ4n) is 3.31. The van der Waals surface area contributed by atoms with E-state index in [1.807, 2.05) is 13.8 Å². The van der Waals surface area contributed by atoms with Gasteiger partial charge in [-0.2, -0.15) is 5.10 Å². The maximum Gasteiger partial charge on any atom is 0.250 e. The molecule has 1 saturated carbocycles. The zero-order chi connectivity index (χ0) is 14.0. The van der Waals surface area contributed by atoms with Gasteiger partial charge in [-0.25, -0.2) is 4.68 Å². The lowest BCUT2D eigenvalue weighted by molar-refractivity contribution is 0.0781. The number of hydrogen-bond acceptors (Lipinski definition) is 2. The molecule has 2 rings (SSSR count). The van der Waals surface area contributed by atoms with Gasteiger partial charge in [-0.3, -0.25) is 4.79 Å². The summed E-state index contributed by atoms with van der Waals surface area (Å²) in [6.45, 7) is 8.47. The first kappa shape index (κ1) is 14.3. The van der Waals surface area contributed by atoms with Crippen molar-refractivity contribution in [3.63, 3.8) is 0 Å². The van der Waals surface area contributed by atoms with Crippen molar-refractivity contribution in [2.45, 2.75) is 72.1 Å². The van der Waals surface area contributed by atoms with E-state index in [0.717, 1.165) is 30.7 Å². The molecule has 0 aromatic carbocycles. The maximum atomic E-state index is 12.6. The summed E-state index contributed by atoms with van der Waals surface area (Å²) >= 11 is 0. The van der Waals surface area contributed by atoms with Crippen LogP contribution in [0.15, 0.2) is 0 Å². The quantitative estimate of drug-likeness (QED) is 0.817. The average Bonchev–Trinajstić information content (AvgIpc) is 2.73. The maximum absolute atomic E-state index is 12.6. The summed E-state index contributed by atoms with van der Waals surface area (Å²) < 4.78 is 1.69. The predicted molar refractivity (Wildman–Crippen MR) is 77.6 cm³/mol. The highest BCUT2D eigenvalue weighted by Crippen LogP contribution is 2.29. The van der Waals surface area contributed by atoms with Crippen LogP contribution < -0.4 is 0 Å². The molecule has 0 spiro atoms. The molecule has 106 valence electrons. The monoisotopic (exact) mass is 262 g/mol.